The molecule has 0 spiro atoms. The van der Waals surface area contributed by atoms with Gasteiger partial charge < -0.3 is 14.8 Å². The van der Waals surface area contributed by atoms with Gasteiger partial charge in [-0.15, -0.1) is 0 Å². The number of nitrogens with one attached hydrogen (secondary N) is 2. The Labute approximate surface area is 188 Å². The van der Waals surface area contributed by atoms with Crippen LogP contribution in [-0.4, -0.2) is 28.5 Å². The molecule has 1 amide bonds. The summed E-state index contributed by atoms with van der Waals surface area (Å²) in [6.45, 7) is 3.61. The normalized spacial score (nSPS) is 12.0. The number of anilines is 1. The first-order valence-electron chi connectivity index (χ1n) is 9.96. The van der Waals surface area contributed by atoms with Crippen molar-refractivity contribution >= 4 is 21.6 Å². The number of benzene rings is 3. The third kappa shape index (κ3) is 5.20. The van der Waals surface area contributed by atoms with Crippen molar-refractivity contribution in [1.82, 2.24) is 5.32 Å². The maximum Gasteiger partial charge on any atom is 0.261 e. The Morgan fingerprint density at radius 1 is 0.938 bits per heavy atom. The molecule has 3 aromatic carbocycles. The van der Waals surface area contributed by atoms with E-state index >= 15 is 0 Å². The van der Waals surface area contributed by atoms with Crippen LogP contribution in [0, 0.1) is 6.92 Å². The summed E-state index contributed by atoms with van der Waals surface area (Å²) in [6.07, 6.45) is 0. The zero-order chi connectivity index (χ0) is 23.3. The Morgan fingerprint density at radius 3 is 2.31 bits per heavy atom. The molecule has 32 heavy (non-hydrogen) atoms. The molecule has 8 heteroatoms. The summed E-state index contributed by atoms with van der Waals surface area (Å²) in [6, 6.07) is 17.9. The SMILES string of the molecule is COc1ccc(OC)c([C@@H](C)NC(=O)c2ccc(C)c(NS(=O)(=O)c3ccccc3)c2)c1. The Balaban J connectivity index is 1.83. The van der Waals surface area contributed by atoms with Crippen LogP contribution in [0.25, 0.3) is 0 Å². The van der Waals surface area contributed by atoms with Crippen molar-refractivity contribution in [2.24, 2.45) is 0 Å². The van der Waals surface area contributed by atoms with E-state index in [4.69, 9.17) is 9.47 Å². The topological polar surface area (TPSA) is 93.7 Å². The Morgan fingerprint density at radius 2 is 1.66 bits per heavy atom. The molecule has 2 N–H and O–H groups in total. The molecule has 0 unspecified atom stereocenters. The van der Waals surface area contributed by atoms with E-state index in [-0.39, 0.29) is 16.8 Å². The number of carbonyl (C=O) groups is 1. The number of carbonyl (C=O) groups excluding carboxylic acids is 1. The summed E-state index contributed by atoms with van der Waals surface area (Å²) in [4.78, 5) is 13.1. The van der Waals surface area contributed by atoms with Crippen molar-refractivity contribution in [2.45, 2.75) is 24.8 Å². The zero-order valence-corrected chi connectivity index (χ0v) is 19.2. The molecular formula is C24H26N2O5S. The van der Waals surface area contributed by atoms with Crippen molar-refractivity contribution in [2.75, 3.05) is 18.9 Å². The summed E-state index contributed by atoms with van der Waals surface area (Å²) < 4.78 is 38.6. The minimum atomic E-state index is -3.77. The second-order valence-electron chi connectivity index (χ2n) is 7.25. The number of ether oxygens (including phenoxy) is 2. The number of methoxy groups -OCH3 is 2. The molecule has 0 radical (unpaired) electrons. The molecule has 0 saturated heterocycles. The van der Waals surface area contributed by atoms with E-state index in [1.807, 2.05) is 6.92 Å². The average molecular weight is 455 g/mol. The van der Waals surface area contributed by atoms with Crippen LogP contribution < -0.4 is 19.5 Å². The molecule has 0 aliphatic rings. The quantitative estimate of drug-likeness (QED) is 0.529. The van der Waals surface area contributed by atoms with Crippen molar-refractivity contribution in [1.29, 1.82) is 0 Å². The monoisotopic (exact) mass is 454 g/mol. The molecule has 3 rings (SSSR count). The van der Waals surface area contributed by atoms with Crippen LogP contribution in [0.5, 0.6) is 11.5 Å². The lowest BCUT2D eigenvalue weighted by atomic mass is 10.1. The molecule has 0 bridgehead atoms. The number of sulfonamides is 1. The molecule has 1 atom stereocenters. The smallest absolute Gasteiger partial charge is 0.261 e. The second-order valence-corrected chi connectivity index (χ2v) is 8.93. The first-order valence-corrected chi connectivity index (χ1v) is 11.4. The molecule has 7 nitrogen and oxygen atoms in total. The van der Waals surface area contributed by atoms with Crippen LogP contribution in [0.4, 0.5) is 5.69 Å². The lowest BCUT2D eigenvalue weighted by Gasteiger charge is -2.19. The lowest BCUT2D eigenvalue weighted by molar-refractivity contribution is 0.0939. The van der Waals surface area contributed by atoms with Gasteiger partial charge >= 0.3 is 0 Å². The highest BCUT2D eigenvalue weighted by molar-refractivity contribution is 7.92. The Kier molecular flexibility index (Phi) is 7.05. The molecule has 168 valence electrons. The van der Waals surface area contributed by atoms with E-state index in [1.165, 1.54) is 18.2 Å². The van der Waals surface area contributed by atoms with Gasteiger partial charge in [0, 0.05) is 11.1 Å². The fourth-order valence-electron chi connectivity index (χ4n) is 3.21. The van der Waals surface area contributed by atoms with Gasteiger partial charge in [-0.25, -0.2) is 8.42 Å². The largest absolute Gasteiger partial charge is 0.497 e. The van der Waals surface area contributed by atoms with Gasteiger partial charge in [0.2, 0.25) is 0 Å². The highest BCUT2D eigenvalue weighted by Crippen LogP contribution is 2.29. The van der Waals surface area contributed by atoms with Crippen molar-refractivity contribution in [3.63, 3.8) is 0 Å². The fourth-order valence-corrected chi connectivity index (χ4v) is 4.35. The second kappa shape index (κ2) is 9.74. The first-order chi connectivity index (χ1) is 15.2. The average Bonchev–Trinajstić information content (AvgIpc) is 2.80. The number of amides is 1. The van der Waals surface area contributed by atoms with E-state index in [1.54, 1.807) is 69.7 Å². The van der Waals surface area contributed by atoms with Crippen molar-refractivity contribution in [3.05, 3.63) is 83.4 Å². The third-order valence-corrected chi connectivity index (χ3v) is 6.43. The minimum absolute atomic E-state index is 0.146. The molecule has 0 fully saturated rings. The summed E-state index contributed by atoms with van der Waals surface area (Å²) in [5, 5.41) is 2.93. The molecule has 0 heterocycles. The van der Waals surface area contributed by atoms with E-state index in [0.29, 0.717) is 28.3 Å². The third-order valence-electron chi connectivity index (χ3n) is 5.05. The van der Waals surface area contributed by atoms with Gasteiger partial charge in [0.05, 0.1) is 30.8 Å². The highest BCUT2D eigenvalue weighted by atomic mass is 32.2. The Hall–Kier alpha value is -3.52. The van der Waals surface area contributed by atoms with Crippen LogP contribution in [-0.2, 0) is 10.0 Å². The van der Waals surface area contributed by atoms with Gasteiger partial charge in [-0.05, 0) is 61.9 Å². The maximum atomic E-state index is 12.9. The number of hydrogen-bond donors (Lipinski definition) is 2. The zero-order valence-electron chi connectivity index (χ0n) is 18.4. The van der Waals surface area contributed by atoms with Gasteiger partial charge in [-0.1, -0.05) is 24.3 Å². The minimum Gasteiger partial charge on any atom is -0.497 e. The van der Waals surface area contributed by atoms with Crippen LogP contribution in [0.15, 0.2) is 71.6 Å². The number of hydrogen-bond acceptors (Lipinski definition) is 5. The van der Waals surface area contributed by atoms with Crippen LogP contribution >= 0.6 is 0 Å². The molecule has 0 saturated carbocycles. The Bertz CT molecular complexity index is 1210. The van der Waals surface area contributed by atoms with Crippen LogP contribution in [0.1, 0.15) is 34.5 Å². The lowest BCUT2D eigenvalue weighted by Crippen LogP contribution is -2.27. The summed E-state index contributed by atoms with van der Waals surface area (Å²) in [5.41, 5.74) is 2.13. The van der Waals surface area contributed by atoms with Crippen LogP contribution in [0.2, 0.25) is 0 Å². The van der Waals surface area contributed by atoms with Crippen molar-refractivity contribution in [3.8, 4) is 11.5 Å². The van der Waals surface area contributed by atoms with Gasteiger partial charge in [0.1, 0.15) is 11.5 Å². The standard InChI is InChI=1S/C24H26N2O5S/c1-16-10-11-18(14-22(16)26-32(28,29)20-8-6-5-7-9-20)24(27)25-17(2)21-15-19(30-3)12-13-23(21)31-4/h5-15,17,26H,1-4H3,(H,25,27)/t17-/m1/s1. The number of rotatable bonds is 8. The van der Waals surface area contributed by atoms with Crippen LogP contribution in [0.3, 0.4) is 0 Å². The van der Waals surface area contributed by atoms with Crippen molar-refractivity contribution < 1.29 is 22.7 Å². The van der Waals surface area contributed by atoms with E-state index < -0.39 is 10.0 Å². The number of aryl methyl sites for hydroxylation is 1. The predicted molar refractivity (Wildman–Crippen MR) is 124 cm³/mol. The van der Waals surface area contributed by atoms with Gasteiger partial charge in [-0.3, -0.25) is 9.52 Å². The maximum absolute atomic E-state index is 12.9. The molecule has 3 aromatic rings. The molecular weight excluding hydrogens is 428 g/mol. The van der Waals surface area contributed by atoms with E-state index in [0.717, 1.165) is 5.56 Å². The fraction of sp³-hybridized carbons (Fsp3) is 0.208. The highest BCUT2D eigenvalue weighted by Gasteiger charge is 2.19. The van der Waals surface area contributed by atoms with Gasteiger partial charge in [0.25, 0.3) is 15.9 Å². The van der Waals surface area contributed by atoms with Gasteiger partial charge in [0.15, 0.2) is 0 Å². The molecule has 0 aromatic heterocycles. The van der Waals surface area contributed by atoms with E-state index in [9.17, 15) is 13.2 Å². The molecule has 0 aliphatic carbocycles. The molecule has 0 aliphatic heterocycles. The predicted octanol–water partition coefficient (Wildman–Crippen LogP) is 4.30. The summed E-state index contributed by atoms with van der Waals surface area (Å²) >= 11 is 0. The van der Waals surface area contributed by atoms with Gasteiger partial charge in [-0.2, -0.15) is 0 Å². The van der Waals surface area contributed by atoms with E-state index in [2.05, 4.69) is 10.0 Å². The summed E-state index contributed by atoms with van der Waals surface area (Å²) in [5.74, 6) is 0.927. The summed E-state index contributed by atoms with van der Waals surface area (Å²) in [7, 11) is -0.644. The first kappa shape index (κ1) is 23.1.